The molecule has 1 atom stereocenters. The number of aliphatic hydroxyl groups is 2. The fourth-order valence-corrected chi connectivity index (χ4v) is 2.92. The second-order valence-electron chi connectivity index (χ2n) is 7.00. The Hall–Kier alpha value is -3.49. The molecular weight excluding hydrogens is 406 g/mol. The number of nitrogens with one attached hydrogen (secondary N) is 1. The van der Waals surface area contributed by atoms with E-state index in [4.69, 9.17) is 15.6 Å². The molecule has 3 aromatic rings. The van der Waals surface area contributed by atoms with Gasteiger partial charge in [-0.3, -0.25) is 4.79 Å². The lowest BCUT2D eigenvalue weighted by molar-refractivity contribution is 0.0536. The van der Waals surface area contributed by atoms with Gasteiger partial charge in [-0.2, -0.15) is 0 Å². The Balaban J connectivity index is 1.82. The number of benzene rings is 3. The number of nitrogens with two attached hydrogens (primary N) is 1. The number of hydrogen-bond acceptors (Lipinski definition) is 6. The number of nitrogen functional groups attached to an aromatic ring is 1. The fourth-order valence-electron chi connectivity index (χ4n) is 2.92. The highest BCUT2D eigenvalue weighted by Gasteiger charge is 2.17. The van der Waals surface area contributed by atoms with Gasteiger partial charge in [-0.05, 0) is 55.0 Å². The lowest BCUT2D eigenvalue weighted by Gasteiger charge is -2.14. The van der Waals surface area contributed by atoms with Crippen LogP contribution in [0.5, 0.6) is 5.75 Å². The second kappa shape index (κ2) is 9.55. The number of ether oxygens (including phenoxy) is 1. The fraction of sp³-hybridized carbons (Fsp3) is 0.174. The van der Waals surface area contributed by atoms with E-state index in [1.54, 1.807) is 31.2 Å². The normalized spacial score (nSPS) is 11.8. The van der Waals surface area contributed by atoms with Crippen molar-refractivity contribution in [1.82, 2.24) is 0 Å². The van der Waals surface area contributed by atoms with Crippen LogP contribution in [0.25, 0.3) is 0 Å². The maximum atomic E-state index is 13.9. The number of rotatable bonds is 8. The highest BCUT2D eigenvalue weighted by Crippen LogP contribution is 2.27. The highest BCUT2D eigenvalue weighted by atomic mass is 19.1. The van der Waals surface area contributed by atoms with Crippen molar-refractivity contribution in [3.8, 4) is 5.75 Å². The van der Waals surface area contributed by atoms with Gasteiger partial charge < -0.3 is 26.0 Å². The van der Waals surface area contributed by atoms with Gasteiger partial charge in [0, 0.05) is 28.6 Å². The summed E-state index contributed by atoms with van der Waals surface area (Å²) < 4.78 is 32.3. The van der Waals surface area contributed by atoms with Crippen molar-refractivity contribution in [2.75, 3.05) is 24.3 Å². The minimum atomic E-state index is -1.03. The summed E-state index contributed by atoms with van der Waals surface area (Å²) in [5.74, 6) is -1.40. The van der Waals surface area contributed by atoms with Crippen molar-refractivity contribution in [1.29, 1.82) is 0 Å². The number of carbonyl (C=O) groups is 1. The Morgan fingerprint density at radius 2 is 1.87 bits per heavy atom. The van der Waals surface area contributed by atoms with Crippen LogP contribution in [-0.2, 0) is 0 Å². The molecule has 1 unspecified atom stereocenters. The van der Waals surface area contributed by atoms with Crippen molar-refractivity contribution in [2.24, 2.45) is 0 Å². The summed E-state index contributed by atoms with van der Waals surface area (Å²) in [5, 5.41) is 21.1. The first-order valence-electron chi connectivity index (χ1n) is 9.47. The first kappa shape index (κ1) is 22.2. The standard InChI is InChI=1S/C23H22F2N2O4/c1-13-2-5-17(31-12-16(29)11-28)10-19(13)23(30)18-6-4-15(9-21(18)26)27-22-7-3-14(24)8-20(22)25/h2-10,16,27-29H,11-12,26H2,1H3. The smallest absolute Gasteiger partial charge is 0.195 e. The monoisotopic (exact) mass is 428 g/mol. The summed E-state index contributed by atoms with van der Waals surface area (Å²) in [6.45, 7) is 1.22. The lowest BCUT2D eigenvalue weighted by Crippen LogP contribution is -2.21. The summed E-state index contributed by atoms with van der Waals surface area (Å²) in [6.07, 6.45) is -1.03. The number of aryl methyl sites for hydroxylation is 1. The quantitative estimate of drug-likeness (QED) is 0.323. The molecular formula is C23H22F2N2O4. The van der Waals surface area contributed by atoms with Crippen molar-refractivity contribution < 1.29 is 28.5 Å². The summed E-state index contributed by atoms with van der Waals surface area (Å²) in [7, 11) is 0. The average Bonchev–Trinajstić information content (AvgIpc) is 2.74. The minimum Gasteiger partial charge on any atom is -0.491 e. The van der Waals surface area contributed by atoms with Gasteiger partial charge in [0.05, 0.1) is 12.3 Å². The van der Waals surface area contributed by atoms with Crippen LogP contribution in [0.15, 0.2) is 54.6 Å². The van der Waals surface area contributed by atoms with E-state index >= 15 is 0 Å². The topological polar surface area (TPSA) is 105 Å². The molecule has 3 rings (SSSR count). The molecule has 31 heavy (non-hydrogen) atoms. The van der Waals surface area contributed by atoms with E-state index in [0.717, 1.165) is 12.1 Å². The van der Waals surface area contributed by atoms with E-state index in [2.05, 4.69) is 5.32 Å². The average molecular weight is 428 g/mol. The van der Waals surface area contributed by atoms with Gasteiger partial charge in [0.15, 0.2) is 5.78 Å². The Morgan fingerprint density at radius 1 is 1.10 bits per heavy atom. The van der Waals surface area contributed by atoms with Crippen LogP contribution >= 0.6 is 0 Å². The number of aliphatic hydroxyl groups excluding tert-OH is 2. The number of hydrogen-bond donors (Lipinski definition) is 4. The zero-order chi connectivity index (χ0) is 22.5. The Kier molecular flexibility index (Phi) is 6.84. The third-order valence-corrected chi connectivity index (χ3v) is 4.61. The van der Waals surface area contributed by atoms with E-state index in [1.165, 1.54) is 18.2 Å². The first-order valence-corrected chi connectivity index (χ1v) is 9.47. The molecule has 0 fully saturated rings. The van der Waals surface area contributed by atoms with Crippen LogP contribution in [0.4, 0.5) is 25.8 Å². The summed E-state index contributed by atoms with van der Waals surface area (Å²) in [4.78, 5) is 13.0. The largest absolute Gasteiger partial charge is 0.491 e. The zero-order valence-corrected chi connectivity index (χ0v) is 16.7. The van der Waals surface area contributed by atoms with Crippen LogP contribution in [0.1, 0.15) is 21.5 Å². The Labute approximate surface area is 177 Å². The van der Waals surface area contributed by atoms with Gasteiger partial charge in [-0.15, -0.1) is 0 Å². The van der Waals surface area contributed by atoms with E-state index in [1.807, 2.05) is 0 Å². The molecule has 0 spiro atoms. The molecule has 5 N–H and O–H groups in total. The molecule has 0 aliphatic heterocycles. The molecule has 0 aliphatic carbocycles. The number of carbonyl (C=O) groups excluding carboxylic acids is 1. The zero-order valence-electron chi connectivity index (χ0n) is 16.7. The van der Waals surface area contributed by atoms with Gasteiger partial charge in [0.25, 0.3) is 0 Å². The molecule has 8 heteroatoms. The number of halogens is 2. The van der Waals surface area contributed by atoms with E-state index in [0.29, 0.717) is 22.6 Å². The van der Waals surface area contributed by atoms with Gasteiger partial charge in [0.1, 0.15) is 30.1 Å². The SMILES string of the molecule is Cc1ccc(OCC(O)CO)cc1C(=O)c1ccc(Nc2ccc(F)cc2F)cc1N. The van der Waals surface area contributed by atoms with Gasteiger partial charge in [0.2, 0.25) is 0 Å². The van der Waals surface area contributed by atoms with Crippen LogP contribution in [-0.4, -0.2) is 35.3 Å². The second-order valence-corrected chi connectivity index (χ2v) is 7.00. The Morgan fingerprint density at radius 3 is 2.55 bits per heavy atom. The van der Waals surface area contributed by atoms with Crippen molar-refractivity contribution >= 4 is 22.8 Å². The third kappa shape index (κ3) is 5.36. The van der Waals surface area contributed by atoms with Gasteiger partial charge >= 0.3 is 0 Å². The van der Waals surface area contributed by atoms with Gasteiger partial charge in [-0.25, -0.2) is 8.78 Å². The summed E-state index contributed by atoms with van der Waals surface area (Å²) in [5.41, 5.74) is 8.09. The summed E-state index contributed by atoms with van der Waals surface area (Å²) >= 11 is 0. The predicted octanol–water partition coefficient (Wildman–Crippen LogP) is 3.56. The molecule has 0 amide bonds. The van der Waals surface area contributed by atoms with Crippen LogP contribution in [0.2, 0.25) is 0 Å². The van der Waals surface area contributed by atoms with Crippen LogP contribution in [0, 0.1) is 18.6 Å². The van der Waals surface area contributed by atoms with Gasteiger partial charge in [-0.1, -0.05) is 6.07 Å². The maximum absolute atomic E-state index is 13.9. The minimum absolute atomic E-state index is 0.0747. The lowest BCUT2D eigenvalue weighted by atomic mass is 9.97. The maximum Gasteiger partial charge on any atom is 0.195 e. The molecule has 0 aromatic heterocycles. The van der Waals surface area contributed by atoms with Crippen molar-refractivity contribution in [3.05, 3.63) is 82.9 Å². The number of anilines is 3. The molecule has 162 valence electrons. The van der Waals surface area contributed by atoms with Crippen LogP contribution in [0.3, 0.4) is 0 Å². The first-order chi connectivity index (χ1) is 14.8. The summed E-state index contributed by atoms with van der Waals surface area (Å²) in [6, 6.07) is 12.6. The number of ketones is 1. The molecule has 0 saturated carbocycles. The molecule has 0 radical (unpaired) electrons. The highest BCUT2D eigenvalue weighted by molar-refractivity contribution is 6.13. The van der Waals surface area contributed by atoms with E-state index < -0.39 is 24.3 Å². The molecule has 0 heterocycles. The molecule has 6 nitrogen and oxygen atoms in total. The third-order valence-electron chi connectivity index (χ3n) is 4.61. The van der Waals surface area contributed by atoms with E-state index in [9.17, 15) is 18.7 Å². The van der Waals surface area contributed by atoms with Crippen molar-refractivity contribution in [2.45, 2.75) is 13.0 Å². The van der Waals surface area contributed by atoms with Crippen LogP contribution < -0.4 is 15.8 Å². The van der Waals surface area contributed by atoms with Crippen molar-refractivity contribution in [3.63, 3.8) is 0 Å². The molecule has 0 saturated heterocycles. The molecule has 3 aromatic carbocycles. The molecule has 0 aliphatic rings. The Bertz CT molecular complexity index is 1100. The molecule has 0 bridgehead atoms. The predicted molar refractivity (Wildman–Crippen MR) is 114 cm³/mol. The van der Waals surface area contributed by atoms with E-state index in [-0.39, 0.29) is 29.3 Å².